The summed E-state index contributed by atoms with van der Waals surface area (Å²) in [6, 6.07) is 4.32. The number of benzene rings is 1. The molecule has 1 aliphatic rings. The summed E-state index contributed by atoms with van der Waals surface area (Å²) in [6.45, 7) is 8.60. The summed E-state index contributed by atoms with van der Waals surface area (Å²) < 4.78 is 5.75. The first-order chi connectivity index (χ1) is 9.78. The molecule has 1 aromatic rings. The molecule has 2 nitrogen and oxygen atoms in total. The summed E-state index contributed by atoms with van der Waals surface area (Å²) in [6.07, 6.45) is 11.3. The maximum Gasteiger partial charge on any atom is 0.128 e. The average Bonchev–Trinajstić information content (AvgIpc) is 2.46. The molecular formula is C18H25NO. The van der Waals surface area contributed by atoms with Gasteiger partial charge in [0, 0.05) is 24.4 Å². The summed E-state index contributed by atoms with van der Waals surface area (Å²) >= 11 is 0. The summed E-state index contributed by atoms with van der Waals surface area (Å²) in [5.74, 6) is 0.926. The van der Waals surface area contributed by atoms with E-state index in [9.17, 15) is 0 Å². The predicted octanol–water partition coefficient (Wildman–Crippen LogP) is 5.18. The summed E-state index contributed by atoms with van der Waals surface area (Å²) in [5, 5.41) is 3.52. The molecule has 0 amide bonds. The van der Waals surface area contributed by atoms with Crippen LogP contribution in [0.15, 0.2) is 42.6 Å². The smallest absolute Gasteiger partial charge is 0.128 e. The van der Waals surface area contributed by atoms with Gasteiger partial charge in [0.05, 0.1) is 6.61 Å². The molecule has 0 aliphatic carbocycles. The van der Waals surface area contributed by atoms with E-state index in [4.69, 9.17) is 4.74 Å². The van der Waals surface area contributed by atoms with Crippen molar-refractivity contribution in [3.05, 3.63) is 53.8 Å². The number of nitrogens with one attached hydrogen (secondary N) is 1. The second-order valence-corrected chi connectivity index (χ2v) is 4.88. The van der Waals surface area contributed by atoms with Crippen LogP contribution in [0.5, 0.6) is 5.75 Å². The van der Waals surface area contributed by atoms with Gasteiger partial charge < -0.3 is 10.1 Å². The number of hydrogen-bond acceptors (Lipinski definition) is 2. The first-order valence-electron chi connectivity index (χ1n) is 7.33. The van der Waals surface area contributed by atoms with Crippen LogP contribution in [-0.4, -0.2) is 6.61 Å². The molecule has 1 aliphatic heterocycles. The van der Waals surface area contributed by atoms with E-state index in [1.807, 2.05) is 19.1 Å². The molecule has 0 radical (unpaired) electrons. The molecule has 2 rings (SSSR count). The molecule has 1 N–H and O–H groups in total. The van der Waals surface area contributed by atoms with Crippen molar-refractivity contribution in [2.75, 3.05) is 11.9 Å². The van der Waals surface area contributed by atoms with E-state index >= 15 is 0 Å². The number of rotatable bonds is 6. The Labute approximate surface area is 123 Å². The van der Waals surface area contributed by atoms with E-state index < -0.39 is 0 Å². The SMILES string of the molecule is C=C/C=C\c1cc2c(cc1OCC)NC(CCC)=CC2.[HH]. The highest BCUT2D eigenvalue weighted by atomic mass is 16.5. The van der Waals surface area contributed by atoms with E-state index in [-0.39, 0.29) is 1.43 Å². The largest absolute Gasteiger partial charge is 0.493 e. The van der Waals surface area contributed by atoms with E-state index in [1.54, 1.807) is 6.08 Å². The normalized spacial score (nSPS) is 13.6. The number of fused-ring (bicyclic) bond motifs is 1. The molecule has 0 saturated heterocycles. The molecule has 20 heavy (non-hydrogen) atoms. The molecule has 0 spiro atoms. The zero-order valence-electron chi connectivity index (χ0n) is 12.4. The first-order valence-corrected chi connectivity index (χ1v) is 7.33. The van der Waals surface area contributed by atoms with Crippen LogP contribution in [0.4, 0.5) is 5.69 Å². The molecule has 0 aromatic heterocycles. The zero-order chi connectivity index (χ0) is 14.4. The van der Waals surface area contributed by atoms with E-state index in [1.165, 1.54) is 16.9 Å². The van der Waals surface area contributed by atoms with Crippen molar-refractivity contribution in [1.82, 2.24) is 0 Å². The number of anilines is 1. The topological polar surface area (TPSA) is 21.3 Å². The van der Waals surface area contributed by atoms with Crippen molar-refractivity contribution in [2.45, 2.75) is 33.1 Å². The van der Waals surface area contributed by atoms with Gasteiger partial charge in [-0.2, -0.15) is 0 Å². The molecule has 0 saturated carbocycles. The predicted molar refractivity (Wildman–Crippen MR) is 89.3 cm³/mol. The zero-order valence-corrected chi connectivity index (χ0v) is 12.4. The van der Waals surface area contributed by atoms with Crippen LogP contribution in [0.2, 0.25) is 0 Å². The second kappa shape index (κ2) is 6.99. The summed E-state index contributed by atoms with van der Waals surface area (Å²) in [7, 11) is 0. The van der Waals surface area contributed by atoms with Crippen LogP contribution in [-0.2, 0) is 6.42 Å². The van der Waals surface area contributed by atoms with Crippen LogP contribution in [0.25, 0.3) is 6.08 Å². The van der Waals surface area contributed by atoms with Crippen molar-refractivity contribution < 1.29 is 6.16 Å². The fraction of sp³-hybridized carbons (Fsp3) is 0.333. The van der Waals surface area contributed by atoms with E-state index in [0.717, 1.165) is 30.6 Å². The van der Waals surface area contributed by atoms with Crippen LogP contribution < -0.4 is 10.1 Å². The van der Waals surface area contributed by atoms with Crippen LogP contribution in [0.3, 0.4) is 0 Å². The molecule has 0 atom stereocenters. The standard InChI is InChI=1S/C18H23NO.H2/c1-4-7-9-15-12-14-10-11-16(8-5-2)19-17(14)13-18(15)20-6-3;/h4,7,9,11-13,19H,1,5-6,8,10H2,2-3H3;1H/b9-7-;. The lowest BCUT2D eigenvalue weighted by molar-refractivity contribution is 0.339. The van der Waals surface area contributed by atoms with Crippen LogP contribution in [0.1, 0.15) is 39.2 Å². The van der Waals surface area contributed by atoms with Crippen molar-refractivity contribution in [2.24, 2.45) is 0 Å². The van der Waals surface area contributed by atoms with E-state index in [2.05, 4.69) is 37.0 Å². The highest BCUT2D eigenvalue weighted by Crippen LogP contribution is 2.33. The monoisotopic (exact) mass is 271 g/mol. The Balaban J connectivity index is 0.00000220. The molecule has 0 fully saturated rings. The van der Waals surface area contributed by atoms with E-state index in [0.29, 0.717) is 6.61 Å². The van der Waals surface area contributed by atoms with Gasteiger partial charge in [0.2, 0.25) is 0 Å². The maximum absolute atomic E-state index is 5.75. The maximum atomic E-state index is 5.75. The van der Waals surface area contributed by atoms with Gasteiger partial charge in [-0.25, -0.2) is 0 Å². The van der Waals surface area contributed by atoms with Gasteiger partial charge in [-0.3, -0.25) is 0 Å². The Morgan fingerprint density at radius 1 is 1.40 bits per heavy atom. The fourth-order valence-electron chi connectivity index (χ4n) is 2.40. The molecule has 108 valence electrons. The molecule has 0 unspecified atom stereocenters. The molecule has 0 bridgehead atoms. The van der Waals surface area contributed by atoms with Gasteiger partial charge in [0.1, 0.15) is 5.75 Å². The summed E-state index contributed by atoms with van der Waals surface area (Å²) in [4.78, 5) is 0. The lowest BCUT2D eigenvalue weighted by atomic mass is 9.99. The van der Waals surface area contributed by atoms with Crippen molar-refractivity contribution in [3.8, 4) is 5.75 Å². The van der Waals surface area contributed by atoms with Crippen molar-refractivity contribution >= 4 is 11.8 Å². The molecule has 2 heteroatoms. The Kier molecular flexibility index (Phi) is 5.05. The quantitative estimate of drug-likeness (QED) is 0.719. The fourth-order valence-corrected chi connectivity index (χ4v) is 2.40. The first kappa shape index (κ1) is 14.4. The number of ether oxygens (including phenoxy) is 1. The van der Waals surface area contributed by atoms with Crippen molar-refractivity contribution in [3.63, 3.8) is 0 Å². The molecular weight excluding hydrogens is 246 g/mol. The minimum absolute atomic E-state index is 0. The van der Waals surface area contributed by atoms with Gasteiger partial charge in [-0.05, 0) is 31.4 Å². The lowest BCUT2D eigenvalue weighted by Gasteiger charge is -2.21. The minimum Gasteiger partial charge on any atom is -0.493 e. The van der Waals surface area contributed by atoms with Gasteiger partial charge >= 0.3 is 0 Å². The summed E-state index contributed by atoms with van der Waals surface area (Å²) in [5.41, 5.74) is 4.92. The number of hydrogen-bond donors (Lipinski definition) is 1. The highest BCUT2D eigenvalue weighted by molar-refractivity contribution is 5.69. The van der Waals surface area contributed by atoms with Gasteiger partial charge in [0.25, 0.3) is 0 Å². The third-order valence-electron chi connectivity index (χ3n) is 3.33. The Morgan fingerprint density at radius 2 is 2.25 bits per heavy atom. The Morgan fingerprint density at radius 3 is 2.95 bits per heavy atom. The third-order valence-corrected chi connectivity index (χ3v) is 3.33. The van der Waals surface area contributed by atoms with Gasteiger partial charge in [0.15, 0.2) is 0 Å². The Hall–Kier alpha value is -1.96. The second-order valence-electron chi connectivity index (χ2n) is 4.88. The van der Waals surface area contributed by atoms with Gasteiger partial charge in [-0.15, -0.1) is 0 Å². The van der Waals surface area contributed by atoms with Crippen LogP contribution >= 0.6 is 0 Å². The number of allylic oxidation sites excluding steroid dienone is 4. The highest BCUT2D eigenvalue weighted by Gasteiger charge is 2.13. The lowest BCUT2D eigenvalue weighted by Crippen LogP contribution is -2.09. The molecule has 1 aromatic carbocycles. The van der Waals surface area contributed by atoms with Crippen LogP contribution in [0, 0.1) is 0 Å². The minimum atomic E-state index is 0. The average molecular weight is 271 g/mol. The Bertz CT molecular complexity index is 546. The third kappa shape index (κ3) is 3.32. The van der Waals surface area contributed by atoms with Gasteiger partial charge in [-0.1, -0.05) is 44.2 Å². The van der Waals surface area contributed by atoms with Crippen molar-refractivity contribution in [1.29, 1.82) is 0 Å². The molecule has 1 heterocycles.